The average Bonchev–Trinajstić information content (AvgIpc) is 3.15. The summed E-state index contributed by atoms with van der Waals surface area (Å²) in [7, 11) is 2.14. The molecule has 0 bridgehead atoms. The Balaban J connectivity index is 1.88. The zero-order valence-corrected chi connectivity index (χ0v) is 11.4. The normalized spacial score (nSPS) is 15.6. The van der Waals surface area contributed by atoms with Crippen LogP contribution in [0.2, 0.25) is 0 Å². The number of imidazole rings is 1. The number of nitrogens with two attached hydrogens (primary N) is 1. The second kappa shape index (κ2) is 4.49. The minimum absolute atomic E-state index is 0.229. The maximum atomic E-state index is 13.5. The number of nitrogen functional groups attached to an aromatic ring is 1. The fraction of sp³-hybridized carbons (Fsp3) is 0.500. The van der Waals surface area contributed by atoms with Crippen LogP contribution in [0.1, 0.15) is 18.4 Å². The molecule has 0 saturated heterocycles. The third kappa shape index (κ3) is 2.30. The highest BCUT2D eigenvalue weighted by molar-refractivity contribution is 5.79. The molecule has 0 unspecified atom stereocenters. The van der Waals surface area contributed by atoms with Crippen molar-refractivity contribution in [3.63, 3.8) is 0 Å². The molecule has 1 aromatic carbocycles. The standard InChI is InChI=1S/C14H19FN4/c1-9-7-13-12(8-11(9)15)17-14(16)19(13)6-5-18(2)10-3-4-10/h7-8,10H,3-6H2,1-2H3,(H2,16,17). The van der Waals surface area contributed by atoms with Crippen LogP contribution >= 0.6 is 0 Å². The zero-order valence-electron chi connectivity index (χ0n) is 11.4. The van der Waals surface area contributed by atoms with E-state index in [4.69, 9.17) is 5.73 Å². The number of anilines is 1. The van der Waals surface area contributed by atoms with Gasteiger partial charge in [-0.05, 0) is 38.4 Å². The van der Waals surface area contributed by atoms with E-state index in [1.165, 1.54) is 18.9 Å². The van der Waals surface area contributed by atoms with Gasteiger partial charge in [0.25, 0.3) is 0 Å². The number of halogens is 1. The van der Waals surface area contributed by atoms with Gasteiger partial charge in [0.1, 0.15) is 5.82 Å². The SMILES string of the molecule is Cc1cc2c(cc1F)nc(N)n2CCN(C)C1CC1. The van der Waals surface area contributed by atoms with E-state index in [-0.39, 0.29) is 5.82 Å². The number of benzene rings is 1. The van der Waals surface area contributed by atoms with Crippen molar-refractivity contribution in [1.29, 1.82) is 0 Å². The number of nitrogens with zero attached hydrogens (tertiary/aromatic N) is 3. The van der Waals surface area contributed by atoms with Crippen LogP contribution in [0.5, 0.6) is 0 Å². The molecule has 102 valence electrons. The third-order valence-electron chi connectivity index (χ3n) is 3.90. The summed E-state index contributed by atoms with van der Waals surface area (Å²) < 4.78 is 15.5. The van der Waals surface area contributed by atoms with Gasteiger partial charge in [-0.15, -0.1) is 0 Å². The highest BCUT2D eigenvalue weighted by Crippen LogP contribution is 2.26. The maximum absolute atomic E-state index is 13.5. The minimum atomic E-state index is -0.229. The Morgan fingerprint density at radius 2 is 2.21 bits per heavy atom. The van der Waals surface area contributed by atoms with Gasteiger partial charge in [-0.25, -0.2) is 9.37 Å². The highest BCUT2D eigenvalue weighted by atomic mass is 19.1. The molecule has 0 radical (unpaired) electrons. The maximum Gasteiger partial charge on any atom is 0.201 e. The second-order valence-electron chi connectivity index (χ2n) is 5.42. The summed E-state index contributed by atoms with van der Waals surface area (Å²) in [6.45, 7) is 3.50. The van der Waals surface area contributed by atoms with Crippen LogP contribution in [0.4, 0.5) is 10.3 Å². The van der Waals surface area contributed by atoms with E-state index in [1.54, 1.807) is 6.92 Å². The van der Waals surface area contributed by atoms with Crippen molar-refractivity contribution in [2.24, 2.45) is 0 Å². The van der Waals surface area contributed by atoms with Crippen LogP contribution in [-0.4, -0.2) is 34.1 Å². The van der Waals surface area contributed by atoms with E-state index >= 15 is 0 Å². The molecule has 3 rings (SSSR count). The third-order valence-corrected chi connectivity index (χ3v) is 3.90. The first-order valence-electron chi connectivity index (χ1n) is 6.68. The molecule has 19 heavy (non-hydrogen) atoms. The van der Waals surface area contributed by atoms with Crippen molar-refractivity contribution in [1.82, 2.24) is 14.5 Å². The fourth-order valence-electron chi connectivity index (χ4n) is 2.46. The first-order valence-corrected chi connectivity index (χ1v) is 6.68. The summed E-state index contributed by atoms with van der Waals surface area (Å²) in [5, 5.41) is 0. The second-order valence-corrected chi connectivity index (χ2v) is 5.42. The molecule has 0 spiro atoms. The van der Waals surface area contributed by atoms with E-state index in [9.17, 15) is 4.39 Å². The van der Waals surface area contributed by atoms with E-state index in [1.807, 2.05) is 10.6 Å². The van der Waals surface area contributed by atoms with Gasteiger partial charge in [0.2, 0.25) is 5.95 Å². The monoisotopic (exact) mass is 262 g/mol. The van der Waals surface area contributed by atoms with Gasteiger partial charge in [-0.3, -0.25) is 0 Å². The van der Waals surface area contributed by atoms with Crippen molar-refractivity contribution in [2.45, 2.75) is 32.4 Å². The van der Waals surface area contributed by atoms with Crippen LogP contribution in [0, 0.1) is 12.7 Å². The van der Waals surface area contributed by atoms with Gasteiger partial charge in [0, 0.05) is 25.2 Å². The molecule has 2 aromatic rings. The van der Waals surface area contributed by atoms with Gasteiger partial charge in [-0.1, -0.05) is 0 Å². The van der Waals surface area contributed by atoms with Crippen molar-refractivity contribution in [3.05, 3.63) is 23.5 Å². The molecule has 1 aliphatic rings. The molecule has 1 saturated carbocycles. The largest absolute Gasteiger partial charge is 0.369 e. The number of fused-ring (bicyclic) bond motifs is 1. The Kier molecular flexibility index (Phi) is 2.93. The Labute approximate surface area is 112 Å². The first-order chi connectivity index (χ1) is 9.06. The number of aromatic nitrogens is 2. The van der Waals surface area contributed by atoms with Crippen LogP contribution < -0.4 is 5.73 Å². The molecule has 0 aliphatic heterocycles. The predicted octanol–water partition coefficient (Wildman–Crippen LogP) is 2.16. The lowest BCUT2D eigenvalue weighted by Gasteiger charge is -2.16. The highest BCUT2D eigenvalue weighted by Gasteiger charge is 2.25. The Hall–Kier alpha value is -1.62. The van der Waals surface area contributed by atoms with Crippen molar-refractivity contribution in [3.8, 4) is 0 Å². The Morgan fingerprint density at radius 1 is 1.47 bits per heavy atom. The molecule has 0 atom stereocenters. The van der Waals surface area contributed by atoms with Crippen molar-refractivity contribution < 1.29 is 4.39 Å². The molecule has 2 N–H and O–H groups in total. The lowest BCUT2D eigenvalue weighted by molar-refractivity contribution is 0.311. The van der Waals surface area contributed by atoms with Gasteiger partial charge in [-0.2, -0.15) is 0 Å². The molecule has 5 heteroatoms. The molecule has 1 heterocycles. The number of aryl methyl sites for hydroxylation is 1. The first kappa shape index (κ1) is 12.4. The van der Waals surface area contributed by atoms with Gasteiger partial charge in [0.15, 0.2) is 0 Å². The van der Waals surface area contributed by atoms with Gasteiger partial charge >= 0.3 is 0 Å². The summed E-state index contributed by atoms with van der Waals surface area (Å²) >= 11 is 0. The molecule has 1 aromatic heterocycles. The average molecular weight is 262 g/mol. The number of rotatable bonds is 4. The summed E-state index contributed by atoms with van der Waals surface area (Å²) in [4.78, 5) is 6.58. The van der Waals surface area contributed by atoms with Gasteiger partial charge in [0.05, 0.1) is 11.0 Å². The minimum Gasteiger partial charge on any atom is -0.369 e. The lowest BCUT2D eigenvalue weighted by atomic mass is 10.2. The summed E-state index contributed by atoms with van der Waals surface area (Å²) in [5.41, 5.74) is 8.12. The summed E-state index contributed by atoms with van der Waals surface area (Å²) in [5.74, 6) is 0.233. The lowest BCUT2D eigenvalue weighted by Crippen LogP contribution is -2.25. The van der Waals surface area contributed by atoms with Crippen LogP contribution in [0.15, 0.2) is 12.1 Å². The van der Waals surface area contributed by atoms with E-state index in [2.05, 4.69) is 16.9 Å². The number of hydrogen-bond acceptors (Lipinski definition) is 3. The number of likely N-dealkylation sites (N-methyl/N-ethyl adjacent to an activating group) is 1. The van der Waals surface area contributed by atoms with Crippen LogP contribution in [0.3, 0.4) is 0 Å². The topological polar surface area (TPSA) is 47.1 Å². The molecule has 4 nitrogen and oxygen atoms in total. The van der Waals surface area contributed by atoms with E-state index in [0.717, 1.165) is 24.6 Å². The zero-order chi connectivity index (χ0) is 13.6. The number of hydrogen-bond donors (Lipinski definition) is 1. The van der Waals surface area contributed by atoms with E-state index in [0.29, 0.717) is 17.0 Å². The fourth-order valence-corrected chi connectivity index (χ4v) is 2.46. The smallest absolute Gasteiger partial charge is 0.201 e. The molecular formula is C14H19FN4. The molecule has 1 fully saturated rings. The van der Waals surface area contributed by atoms with Crippen LogP contribution in [0.25, 0.3) is 11.0 Å². The molecule has 0 amide bonds. The molecular weight excluding hydrogens is 243 g/mol. The molecule has 1 aliphatic carbocycles. The van der Waals surface area contributed by atoms with E-state index < -0.39 is 0 Å². The van der Waals surface area contributed by atoms with Crippen LogP contribution in [-0.2, 0) is 6.54 Å². The van der Waals surface area contributed by atoms with Crippen molar-refractivity contribution in [2.75, 3.05) is 19.3 Å². The quantitative estimate of drug-likeness (QED) is 0.918. The summed E-state index contributed by atoms with van der Waals surface area (Å²) in [6, 6.07) is 4.02. The Morgan fingerprint density at radius 3 is 2.89 bits per heavy atom. The predicted molar refractivity (Wildman–Crippen MR) is 74.5 cm³/mol. The Bertz CT molecular complexity index is 615. The van der Waals surface area contributed by atoms with Gasteiger partial charge < -0.3 is 15.2 Å². The summed E-state index contributed by atoms with van der Waals surface area (Å²) in [6.07, 6.45) is 2.59. The van der Waals surface area contributed by atoms with Crippen molar-refractivity contribution >= 4 is 17.0 Å².